The number of anilines is 3. The molecule has 2 heteroatoms. The minimum atomic E-state index is -0.699. The Morgan fingerprint density at radius 1 is 0.364 bits per heavy atom. The number of para-hydroxylation sites is 2. The van der Waals surface area contributed by atoms with E-state index in [4.69, 9.17) is 0 Å². The summed E-state index contributed by atoms with van der Waals surface area (Å²) in [4.78, 5) is 16.8. The van der Waals surface area contributed by atoms with Crippen molar-refractivity contribution in [2.45, 2.75) is 24.7 Å². The second kappa shape index (κ2) is 11.6. The summed E-state index contributed by atoms with van der Waals surface area (Å²) in [5.41, 5.74) is 18.3. The van der Waals surface area contributed by atoms with Crippen molar-refractivity contribution in [2.75, 3.05) is 4.90 Å². The van der Waals surface area contributed by atoms with Gasteiger partial charge in [-0.25, -0.2) is 0 Å². The van der Waals surface area contributed by atoms with E-state index in [2.05, 4.69) is 183 Å². The lowest BCUT2D eigenvalue weighted by Gasteiger charge is -2.53. The molecular weight excluding hydrogens is 667 g/mol. The van der Waals surface area contributed by atoms with Gasteiger partial charge >= 0.3 is 0 Å². The van der Waals surface area contributed by atoms with E-state index in [0.717, 1.165) is 39.1 Å². The van der Waals surface area contributed by atoms with Crippen LogP contribution < -0.4 is 4.90 Å². The average molecular weight is 704 g/mol. The molecule has 0 bridgehead atoms. The number of hydrogen-bond acceptors (Lipinski definition) is 2. The van der Waals surface area contributed by atoms with Crippen molar-refractivity contribution >= 4 is 22.8 Å². The molecule has 8 aromatic carbocycles. The molecule has 0 atom stereocenters. The van der Waals surface area contributed by atoms with Crippen molar-refractivity contribution in [3.63, 3.8) is 0 Å². The molecule has 1 spiro atoms. The van der Waals surface area contributed by atoms with Crippen LogP contribution in [0, 0.1) is 0 Å². The summed E-state index contributed by atoms with van der Waals surface area (Å²) in [6.45, 7) is 4.70. The Hall–Kier alpha value is -6.77. The second-order valence-corrected chi connectivity index (χ2v) is 15.6. The Labute approximate surface area is 322 Å². The van der Waals surface area contributed by atoms with E-state index in [1.807, 2.05) is 24.3 Å². The average Bonchev–Trinajstić information content (AvgIpc) is 3.25. The largest absolute Gasteiger partial charge is 0.309 e. The lowest BCUT2D eigenvalue weighted by molar-refractivity contribution is 0.103. The topological polar surface area (TPSA) is 20.3 Å². The maximum atomic E-state index is 14.3. The van der Waals surface area contributed by atoms with Crippen LogP contribution in [0.25, 0.3) is 33.4 Å². The van der Waals surface area contributed by atoms with Gasteiger partial charge in [-0.1, -0.05) is 190 Å². The fourth-order valence-corrected chi connectivity index (χ4v) is 9.89. The van der Waals surface area contributed by atoms with Crippen LogP contribution >= 0.6 is 0 Å². The fourth-order valence-electron chi connectivity index (χ4n) is 9.89. The molecule has 3 aliphatic rings. The second-order valence-electron chi connectivity index (χ2n) is 15.6. The molecule has 2 nitrogen and oxygen atoms in total. The summed E-state index contributed by atoms with van der Waals surface area (Å²) < 4.78 is 0. The van der Waals surface area contributed by atoms with Crippen LogP contribution in [-0.2, 0) is 10.8 Å². The Morgan fingerprint density at radius 2 is 0.818 bits per heavy atom. The highest BCUT2D eigenvalue weighted by atomic mass is 16.1. The highest BCUT2D eigenvalue weighted by Gasteiger charge is 2.54. The van der Waals surface area contributed by atoms with Gasteiger partial charge in [-0.3, -0.25) is 4.79 Å². The third-order valence-corrected chi connectivity index (χ3v) is 12.5. The van der Waals surface area contributed by atoms with Gasteiger partial charge in [0.05, 0.1) is 22.5 Å². The van der Waals surface area contributed by atoms with Crippen molar-refractivity contribution < 1.29 is 4.79 Å². The van der Waals surface area contributed by atoms with E-state index in [1.165, 1.54) is 55.9 Å². The van der Waals surface area contributed by atoms with Gasteiger partial charge in [0.25, 0.3) is 0 Å². The van der Waals surface area contributed by atoms with Crippen LogP contribution in [0.5, 0.6) is 0 Å². The first-order chi connectivity index (χ1) is 27.0. The van der Waals surface area contributed by atoms with Gasteiger partial charge in [-0.15, -0.1) is 0 Å². The Morgan fingerprint density at radius 3 is 1.44 bits per heavy atom. The number of benzene rings is 8. The number of hydrogen-bond donors (Lipinski definition) is 0. The van der Waals surface area contributed by atoms with Crippen LogP contribution in [0.4, 0.5) is 17.1 Å². The van der Waals surface area contributed by atoms with Crippen LogP contribution in [0.1, 0.15) is 63.1 Å². The molecule has 0 aromatic heterocycles. The first-order valence-corrected chi connectivity index (χ1v) is 19.1. The Balaban J connectivity index is 1.13. The Bertz CT molecular complexity index is 2800. The van der Waals surface area contributed by atoms with Gasteiger partial charge in [0.2, 0.25) is 0 Å². The summed E-state index contributed by atoms with van der Waals surface area (Å²) in [6, 6.07) is 67.6. The van der Waals surface area contributed by atoms with Gasteiger partial charge in [0.1, 0.15) is 0 Å². The zero-order valence-electron chi connectivity index (χ0n) is 30.8. The molecule has 2 aliphatic heterocycles. The van der Waals surface area contributed by atoms with Crippen LogP contribution in [0.3, 0.4) is 0 Å². The third kappa shape index (κ3) is 4.34. The van der Waals surface area contributed by atoms with Gasteiger partial charge in [-0.2, -0.15) is 0 Å². The highest BCUT2D eigenvalue weighted by Crippen LogP contribution is 2.65. The van der Waals surface area contributed by atoms with Crippen molar-refractivity contribution in [3.8, 4) is 33.4 Å². The van der Waals surface area contributed by atoms with Crippen molar-refractivity contribution in [3.05, 3.63) is 233 Å². The van der Waals surface area contributed by atoms with E-state index in [-0.39, 0.29) is 11.2 Å². The number of carbonyl (C=O) groups excluding carboxylic acids is 1. The lowest BCUT2D eigenvalue weighted by Crippen LogP contribution is -2.44. The smallest absolute Gasteiger partial charge is 0.193 e. The van der Waals surface area contributed by atoms with Crippen molar-refractivity contribution in [1.29, 1.82) is 0 Å². The van der Waals surface area contributed by atoms with E-state index in [0.29, 0.717) is 0 Å². The third-order valence-electron chi connectivity index (χ3n) is 12.5. The standard InChI is InChI=1S/C53H37NO/c1-52(2)44-19-10-11-22-48(44)54-49-33-39(38-29-27-37(28-30-38)36-25-23-35(24-26-36)34-13-4-3-5-14-34)31-32-45(49)53(47-21-12-20-46(52)50(47)54)42-17-8-6-15-40(42)51(55)41-16-7-9-18-43(41)53/h3-33H,1-2H3. The minimum Gasteiger partial charge on any atom is -0.309 e. The van der Waals surface area contributed by atoms with Crippen LogP contribution in [0.2, 0.25) is 0 Å². The number of nitrogens with zero attached hydrogens (tertiary/aromatic N) is 1. The summed E-state index contributed by atoms with van der Waals surface area (Å²) in [5.74, 6) is 0.0858. The first kappa shape index (κ1) is 31.7. The molecular formula is C53H37NO. The van der Waals surface area contributed by atoms with Gasteiger partial charge in [0.15, 0.2) is 5.78 Å². The number of carbonyl (C=O) groups is 1. The van der Waals surface area contributed by atoms with Gasteiger partial charge in [0, 0.05) is 16.5 Å². The monoisotopic (exact) mass is 703 g/mol. The molecule has 1 aliphatic carbocycles. The molecule has 0 N–H and O–H groups in total. The maximum absolute atomic E-state index is 14.3. The summed E-state index contributed by atoms with van der Waals surface area (Å²) in [5, 5.41) is 0. The quantitative estimate of drug-likeness (QED) is 0.183. The molecule has 0 fully saturated rings. The van der Waals surface area contributed by atoms with Crippen LogP contribution in [-0.4, -0.2) is 5.78 Å². The molecule has 0 radical (unpaired) electrons. The lowest BCUT2D eigenvalue weighted by atomic mass is 9.56. The van der Waals surface area contributed by atoms with Crippen molar-refractivity contribution in [1.82, 2.24) is 0 Å². The molecule has 0 saturated carbocycles. The Kier molecular flexibility index (Phi) is 6.70. The molecule has 11 rings (SSSR count). The van der Waals surface area contributed by atoms with Crippen LogP contribution in [0.15, 0.2) is 188 Å². The van der Waals surface area contributed by atoms with E-state index in [9.17, 15) is 4.79 Å². The fraction of sp³-hybridized carbons (Fsp3) is 0.0755. The molecule has 55 heavy (non-hydrogen) atoms. The van der Waals surface area contributed by atoms with E-state index in [1.54, 1.807) is 0 Å². The van der Waals surface area contributed by atoms with E-state index < -0.39 is 5.41 Å². The predicted molar refractivity (Wildman–Crippen MR) is 225 cm³/mol. The van der Waals surface area contributed by atoms with Crippen molar-refractivity contribution in [2.24, 2.45) is 0 Å². The number of fused-ring (bicyclic) bond motifs is 10. The zero-order valence-corrected chi connectivity index (χ0v) is 30.8. The summed E-state index contributed by atoms with van der Waals surface area (Å²) in [6.07, 6.45) is 0. The molecule has 0 unspecified atom stereocenters. The molecule has 2 heterocycles. The minimum absolute atomic E-state index is 0.0858. The number of ketones is 1. The summed E-state index contributed by atoms with van der Waals surface area (Å²) >= 11 is 0. The summed E-state index contributed by atoms with van der Waals surface area (Å²) in [7, 11) is 0. The molecule has 260 valence electrons. The normalized spacial score (nSPS) is 15.0. The highest BCUT2D eigenvalue weighted by molar-refractivity contribution is 6.15. The molecule has 8 aromatic rings. The molecule has 0 saturated heterocycles. The van der Waals surface area contributed by atoms with Gasteiger partial charge in [-0.05, 0) is 78.9 Å². The van der Waals surface area contributed by atoms with Gasteiger partial charge < -0.3 is 4.90 Å². The predicted octanol–water partition coefficient (Wildman–Crippen LogP) is 13.0. The maximum Gasteiger partial charge on any atom is 0.193 e. The first-order valence-electron chi connectivity index (χ1n) is 19.1. The van der Waals surface area contributed by atoms with E-state index >= 15 is 0 Å². The molecule has 0 amide bonds. The number of rotatable bonds is 3. The zero-order chi connectivity index (χ0) is 36.9. The SMILES string of the molecule is CC1(C)c2ccccc2N2c3cc(-c4ccc(-c5ccc(-c6ccccc6)cc5)cc4)ccc3C3(c4ccccc4C(=O)c4ccccc43)c3cccc1c32.